The second-order valence-corrected chi connectivity index (χ2v) is 8.58. The molecule has 148 valence electrons. The minimum atomic E-state index is -0.188. The Morgan fingerprint density at radius 3 is 2.61 bits per heavy atom. The number of nitrogens with zero attached hydrogens (tertiary/aromatic N) is 3. The second-order valence-electron chi connectivity index (χ2n) is 7.66. The molecule has 0 aliphatic heterocycles. The van der Waals surface area contributed by atoms with Crippen LogP contribution in [0.15, 0.2) is 34.8 Å². The highest BCUT2D eigenvalue weighted by atomic mass is 79.9. The fourth-order valence-electron chi connectivity index (χ4n) is 3.16. The number of nitrogens with one attached hydrogen (secondary N) is 1. The van der Waals surface area contributed by atoms with E-state index in [4.69, 9.17) is 4.74 Å². The molecule has 0 spiro atoms. The van der Waals surface area contributed by atoms with Crippen molar-refractivity contribution < 1.29 is 9.53 Å². The third kappa shape index (κ3) is 4.35. The monoisotopic (exact) mass is 444 g/mol. The first-order valence-electron chi connectivity index (χ1n) is 9.14. The van der Waals surface area contributed by atoms with Crippen LogP contribution in [-0.2, 0) is 17.3 Å². The number of rotatable bonds is 6. The first-order valence-corrected chi connectivity index (χ1v) is 9.93. The van der Waals surface area contributed by atoms with Gasteiger partial charge in [0.2, 0.25) is 5.88 Å². The lowest BCUT2D eigenvalue weighted by Crippen LogP contribution is -2.39. The average molecular weight is 445 g/mol. The van der Waals surface area contributed by atoms with Crippen molar-refractivity contribution in [2.45, 2.75) is 33.1 Å². The van der Waals surface area contributed by atoms with Gasteiger partial charge >= 0.3 is 0 Å². The molecule has 0 saturated heterocycles. The topological polar surface area (TPSA) is 69.0 Å². The van der Waals surface area contributed by atoms with E-state index in [0.717, 1.165) is 32.3 Å². The zero-order chi connectivity index (χ0) is 20.5. The maximum absolute atomic E-state index is 12.3. The fraction of sp³-hybridized carbons (Fsp3) is 0.381. The third-order valence-electron chi connectivity index (χ3n) is 4.78. The predicted octanol–water partition coefficient (Wildman–Crippen LogP) is 3.82. The van der Waals surface area contributed by atoms with Gasteiger partial charge in [-0.3, -0.25) is 4.79 Å². The van der Waals surface area contributed by atoms with E-state index >= 15 is 0 Å². The van der Waals surface area contributed by atoms with Crippen LogP contribution in [0.3, 0.4) is 0 Å². The molecule has 28 heavy (non-hydrogen) atoms. The number of pyridine rings is 1. The zero-order valence-corrected chi connectivity index (χ0v) is 18.4. The Balaban J connectivity index is 1.63. The Bertz CT molecular complexity index is 1010. The van der Waals surface area contributed by atoms with Crippen LogP contribution in [0, 0.1) is 13.8 Å². The van der Waals surface area contributed by atoms with E-state index in [2.05, 4.69) is 57.3 Å². The summed E-state index contributed by atoms with van der Waals surface area (Å²) >= 11 is 3.45. The Morgan fingerprint density at radius 1 is 1.25 bits per heavy atom. The molecule has 0 aliphatic rings. The zero-order valence-electron chi connectivity index (χ0n) is 16.8. The van der Waals surface area contributed by atoms with Gasteiger partial charge < -0.3 is 10.1 Å². The van der Waals surface area contributed by atoms with Gasteiger partial charge in [-0.2, -0.15) is 0 Å². The molecule has 0 atom stereocenters. The molecule has 6 nitrogen and oxygen atoms in total. The van der Waals surface area contributed by atoms with Crippen LogP contribution in [-0.4, -0.2) is 33.8 Å². The molecule has 1 amide bonds. The lowest BCUT2D eigenvalue weighted by atomic mass is 9.84. The number of ether oxygens (including phenoxy) is 1. The van der Waals surface area contributed by atoms with Gasteiger partial charge in [0.05, 0.1) is 5.39 Å². The Hall–Kier alpha value is -2.41. The van der Waals surface area contributed by atoms with Crippen molar-refractivity contribution in [3.05, 3.63) is 51.6 Å². The summed E-state index contributed by atoms with van der Waals surface area (Å²) in [6.45, 7) is 8.56. The van der Waals surface area contributed by atoms with Gasteiger partial charge in [0.25, 0.3) is 5.91 Å². The minimum Gasteiger partial charge on any atom is -0.466 e. The predicted molar refractivity (Wildman–Crippen MR) is 114 cm³/mol. The maximum atomic E-state index is 12.3. The Morgan fingerprint density at radius 2 is 1.93 bits per heavy atom. The summed E-state index contributed by atoms with van der Waals surface area (Å²) in [7, 11) is 1.82. The van der Waals surface area contributed by atoms with Crippen molar-refractivity contribution in [1.29, 1.82) is 0 Å². The molecular weight excluding hydrogens is 420 g/mol. The van der Waals surface area contributed by atoms with Crippen molar-refractivity contribution in [1.82, 2.24) is 20.1 Å². The van der Waals surface area contributed by atoms with E-state index in [0.29, 0.717) is 12.4 Å². The normalized spacial score (nSPS) is 11.6. The molecule has 0 unspecified atom stereocenters. The smallest absolute Gasteiger partial charge is 0.258 e. The summed E-state index contributed by atoms with van der Waals surface area (Å²) in [5, 5.41) is 8.18. The molecule has 0 saturated carbocycles. The number of aromatic nitrogens is 3. The number of benzene rings is 1. The molecule has 3 aromatic rings. The van der Waals surface area contributed by atoms with E-state index in [1.165, 1.54) is 0 Å². The van der Waals surface area contributed by atoms with E-state index < -0.39 is 0 Å². The van der Waals surface area contributed by atoms with Gasteiger partial charge in [-0.15, -0.1) is 5.10 Å². The van der Waals surface area contributed by atoms with Crippen LogP contribution in [0.5, 0.6) is 5.88 Å². The average Bonchev–Trinajstić information content (AvgIpc) is 2.95. The number of hydrogen-bond acceptors (Lipinski definition) is 4. The van der Waals surface area contributed by atoms with Crippen LogP contribution < -0.4 is 10.1 Å². The number of fused-ring (bicyclic) bond motifs is 1. The second kappa shape index (κ2) is 7.91. The molecule has 1 N–H and O–H groups in total. The summed E-state index contributed by atoms with van der Waals surface area (Å²) in [6, 6.07) is 10.1. The molecule has 2 heterocycles. The van der Waals surface area contributed by atoms with Gasteiger partial charge in [0, 0.05) is 29.2 Å². The first-order chi connectivity index (χ1) is 13.2. The molecule has 3 rings (SSSR count). The van der Waals surface area contributed by atoms with Crippen molar-refractivity contribution in [3.63, 3.8) is 0 Å². The minimum absolute atomic E-state index is 0.0875. The van der Waals surface area contributed by atoms with Gasteiger partial charge in [0.1, 0.15) is 0 Å². The highest BCUT2D eigenvalue weighted by Crippen LogP contribution is 2.27. The van der Waals surface area contributed by atoms with E-state index in [1.807, 2.05) is 39.1 Å². The molecule has 0 aliphatic carbocycles. The van der Waals surface area contributed by atoms with Crippen LogP contribution >= 0.6 is 15.9 Å². The van der Waals surface area contributed by atoms with Crippen molar-refractivity contribution in [2.24, 2.45) is 7.05 Å². The number of halogens is 1. The lowest BCUT2D eigenvalue weighted by Gasteiger charge is -2.25. The van der Waals surface area contributed by atoms with Crippen LogP contribution in [0.4, 0.5) is 0 Å². The molecule has 1 aromatic carbocycles. The number of carbonyl (C=O) groups excluding carboxylic acids is 1. The van der Waals surface area contributed by atoms with Crippen molar-refractivity contribution >= 4 is 32.9 Å². The summed E-state index contributed by atoms with van der Waals surface area (Å²) in [6.07, 6.45) is 0. The number of aryl methyl sites for hydroxylation is 3. The van der Waals surface area contributed by atoms with Crippen molar-refractivity contribution in [3.8, 4) is 5.88 Å². The molecule has 0 fully saturated rings. The number of carbonyl (C=O) groups is 1. The van der Waals surface area contributed by atoms with Crippen molar-refractivity contribution in [2.75, 3.05) is 13.2 Å². The first kappa shape index (κ1) is 20.3. The van der Waals surface area contributed by atoms with Gasteiger partial charge in [-0.05, 0) is 43.2 Å². The molecule has 2 aromatic heterocycles. The van der Waals surface area contributed by atoms with E-state index in [9.17, 15) is 4.79 Å². The maximum Gasteiger partial charge on any atom is 0.258 e. The van der Waals surface area contributed by atoms with Gasteiger partial charge in [0.15, 0.2) is 12.3 Å². The van der Waals surface area contributed by atoms with Crippen LogP contribution in [0.2, 0.25) is 0 Å². The van der Waals surface area contributed by atoms with E-state index in [-0.39, 0.29) is 17.9 Å². The lowest BCUT2D eigenvalue weighted by molar-refractivity contribution is -0.123. The SMILES string of the molecule is Cc1cc(C)c2c(OCC(=O)NCC(C)(C)c3ccc(Br)cc3)nn(C)c2n1. The molecule has 0 bridgehead atoms. The van der Waals surface area contributed by atoms with Crippen LogP contribution in [0.1, 0.15) is 30.7 Å². The third-order valence-corrected chi connectivity index (χ3v) is 5.31. The number of amides is 1. The largest absolute Gasteiger partial charge is 0.466 e. The highest BCUT2D eigenvalue weighted by molar-refractivity contribution is 9.10. The summed E-state index contributed by atoms with van der Waals surface area (Å²) < 4.78 is 8.43. The standard InChI is InChI=1S/C21H25BrN4O2/c1-13-10-14(2)24-19-18(13)20(25-26(19)5)28-11-17(27)23-12-21(3,4)15-6-8-16(22)9-7-15/h6-10H,11-12H2,1-5H3,(H,23,27). The summed E-state index contributed by atoms with van der Waals surface area (Å²) in [5.41, 5.74) is 3.68. The Kier molecular flexibility index (Phi) is 5.74. The molecule has 7 heteroatoms. The molecular formula is C21H25BrN4O2. The van der Waals surface area contributed by atoms with Crippen LogP contribution in [0.25, 0.3) is 11.0 Å². The van der Waals surface area contributed by atoms with E-state index in [1.54, 1.807) is 4.68 Å². The quantitative estimate of drug-likeness (QED) is 0.627. The molecule has 0 radical (unpaired) electrons. The summed E-state index contributed by atoms with van der Waals surface area (Å²) in [4.78, 5) is 16.8. The summed E-state index contributed by atoms with van der Waals surface area (Å²) in [5.74, 6) is 0.256. The van der Waals surface area contributed by atoms with Gasteiger partial charge in [-0.25, -0.2) is 9.67 Å². The fourth-order valence-corrected chi connectivity index (χ4v) is 3.42. The Labute approximate surface area is 173 Å². The van der Waals surface area contributed by atoms with Gasteiger partial charge in [-0.1, -0.05) is 41.9 Å². The number of hydrogen-bond donors (Lipinski definition) is 1. The highest BCUT2D eigenvalue weighted by Gasteiger charge is 2.22.